The fourth-order valence-corrected chi connectivity index (χ4v) is 2.62. The molecule has 1 aliphatic heterocycles. The van der Waals surface area contributed by atoms with Gasteiger partial charge in [-0.2, -0.15) is 0 Å². The Balaban J connectivity index is 2.05. The van der Waals surface area contributed by atoms with Gasteiger partial charge in [-0.1, -0.05) is 13.0 Å². The molecule has 0 aromatic heterocycles. The summed E-state index contributed by atoms with van der Waals surface area (Å²) in [6.07, 6.45) is 2.39. The van der Waals surface area contributed by atoms with Crippen LogP contribution in [-0.2, 0) is 6.54 Å². The third-order valence-corrected chi connectivity index (χ3v) is 4.05. The number of piperidine rings is 1. The summed E-state index contributed by atoms with van der Waals surface area (Å²) in [4.78, 5) is 6.95. The molecule has 0 radical (unpaired) electrons. The van der Waals surface area contributed by atoms with Crippen LogP contribution in [0.25, 0.3) is 0 Å². The molecule has 2 rings (SSSR count). The average molecular weight is 307 g/mol. The summed E-state index contributed by atoms with van der Waals surface area (Å²) in [6.45, 7) is 7.72. The highest BCUT2D eigenvalue weighted by Crippen LogP contribution is 2.19. The molecule has 1 fully saturated rings. The van der Waals surface area contributed by atoms with Gasteiger partial charge >= 0.3 is 0 Å². The summed E-state index contributed by atoms with van der Waals surface area (Å²) in [5.41, 5.74) is 0.846. The molecule has 1 aromatic rings. The van der Waals surface area contributed by atoms with Crippen LogP contribution in [0.15, 0.2) is 23.2 Å². The van der Waals surface area contributed by atoms with Crippen LogP contribution < -0.4 is 10.1 Å². The molecule has 1 N–H and O–H groups in total. The van der Waals surface area contributed by atoms with E-state index >= 15 is 0 Å². The van der Waals surface area contributed by atoms with E-state index in [4.69, 9.17) is 4.74 Å². The number of methoxy groups -OCH3 is 1. The van der Waals surface area contributed by atoms with Crippen LogP contribution in [0, 0.1) is 11.7 Å². The number of halogens is 1. The van der Waals surface area contributed by atoms with E-state index in [0.29, 0.717) is 6.54 Å². The minimum Gasteiger partial charge on any atom is -0.494 e. The predicted octanol–water partition coefficient (Wildman–Crippen LogP) is 3.03. The lowest BCUT2D eigenvalue weighted by molar-refractivity contribution is 0.273. The van der Waals surface area contributed by atoms with Crippen molar-refractivity contribution in [1.82, 2.24) is 10.2 Å². The molecule has 0 bridgehead atoms. The number of nitrogens with zero attached hydrogens (tertiary/aromatic N) is 2. The van der Waals surface area contributed by atoms with Crippen LogP contribution >= 0.6 is 0 Å². The van der Waals surface area contributed by atoms with Crippen LogP contribution in [0.3, 0.4) is 0 Å². The number of nitrogens with one attached hydrogen (secondary N) is 1. The molecule has 5 heteroatoms. The van der Waals surface area contributed by atoms with Crippen molar-refractivity contribution in [3.8, 4) is 5.75 Å². The van der Waals surface area contributed by atoms with Crippen molar-refractivity contribution in [2.75, 3.05) is 26.7 Å². The predicted molar refractivity (Wildman–Crippen MR) is 87.7 cm³/mol. The van der Waals surface area contributed by atoms with E-state index in [1.807, 2.05) is 6.07 Å². The molecule has 0 unspecified atom stereocenters. The zero-order valence-corrected chi connectivity index (χ0v) is 13.7. The van der Waals surface area contributed by atoms with E-state index in [1.54, 1.807) is 6.07 Å². The Hall–Kier alpha value is -1.78. The third-order valence-electron chi connectivity index (χ3n) is 4.05. The normalized spacial score (nSPS) is 16.7. The molecule has 1 aliphatic rings. The molecular weight excluding hydrogens is 281 g/mol. The van der Waals surface area contributed by atoms with Gasteiger partial charge in [0.1, 0.15) is 0 Å². The highest BCUT2D eigenvalue weighted by atomic mass is 19.1. The zero-order valence-electron chi connectivity index (χ0n) is 13.7. The summed E-state index contributed by atoms with van der Waals surface area (Å²) in [5.74, 6) is 1.64. The molecule has 22 heavy (non-hydrogen) atoms. The standard InChI is InChI=1S/C17H26FN3O/c1-4-19-17(21-9-7-13(2)8-10-21)20-12-14-5-6-16(22-3)15(18)11-14/h5-6,11,13H,4,7-10,12H2,1-3H3,(H,19,20). The van der Waals surface area contributed by atoms with Gasteiger partial charge in [0.05, 0.1) is 13.7 Å². The molecule has 0 amide bonds. The molecule has 4 nitrogen and oxygen atoms in total. The number of hydrogen-bond donors (Lipinski definition) is 1. The Morgan fingerprint density at radius 3 is 2.73 bits per heavy atom. The van der Waals surface area contributed by atoms with E-state index in [2.05, 4.69) is 29.1 Å². The van der Waals surface area contributed by atoms with Crippen molar-refractivity contribution in [3.05, 3.63) is 29.6 Å². The summed E-state index contributed by atoms with van der Waals surface area (Å²) >= 11 is 0. The molecule has 1 aromatic carbocycles. The molecule has 1 saturated heterocycles. The topological polar surface area (TPSA) is 36.9 Å². The first-order valence-corrected chi connectivity index (χ1v) is 7.99. The Labute approximate surface area is 132 Å². The van der Waals surface area contributed by atoms with Crippen molar-refractivity contribution >= 4 is 5.96 Å². The second-order valence-electron chi connectivity index (χ2n) is 5.81. The average Bonchev–Trinajstić information content (AvgIpc) is 2.52. The van der Waals surface area contributed by atoms with Gasteiger partial charge in [-0.3, -0.25) is 0 Å². The van der Waals surface area contributed by atoms with Gasteiger partial charge < -0.3 is 15.0 Å². The maximum absolute atomic E-state index is 13.7. The van der Waals surface area contributed by atoms with Crippen molar-refractivity contribution in [1.29, 1.82) is 0 Å². The van der Waals surface area contributed by atoms with Crippen molar-refractivity contribution in [2.45, 2.75) is 33.2 Å². The summed E-state index contributed by atoms with van der Waals surface area (Å²) < 4.78 is 18.7. The van der Waals surface area contributed by atoms with Gasteiger partial charge in [0.15, 0.2) is 17.5 Å². The van der Waals surface area contributed by atoms with Crippen LogP contribution in [0.5, 0.6) is 5.75 Å². The number of likely N-dealkylation sites (tertiary alicyclic amines) is 1. The van der Waals surface area contributed by atoms with Crippen LogP contribution in [-0.4, -0.2) is 37.6 Å². The van der Waals surface area contributed by atoms with Gasteiger partial charge in [0, 0.05) is 19.6 Å². The smallest absolute Gasteiger partial charge is 0.194 e. The number of ether oxygens (including phenoxy) is 1. The van der Waals surface area contributed by atoms with Gasteiger partial charge in [0.2, 0.25) is 0 Å². The van der Waals surface area contributed by atoms with Crippen LogP contribution in [0.4, 0.5) is 4.39 Å². The molecule has 1 heterocycles. The van der Waals surface area contributed by atoms with Crippen molar-refractivity contribution < 1.29 is 9.13 Å². The monoisotopic (exact) mass is 307 g/mol. The molecule has 0 atom stereocenters. The lowest BCUT2D eigenvalue weighted by Gasteiger charge is -2.33. The fourth-order valence-electron chi connectivity index (χ4n) is 2.62. The van der Waals surface area contributed by atoms with E-state index in [-0.39, 0.29) is 11.6 Å². The fraction of sp³-hybridized carbons (Fsp3) is 0.588. The summed E-state index contributed by atoms with van der Waals surface area (Å²) in [5, 5.41) is 3.33. The van der Waals surface area contributed by atoms with E-state index in [9.17, 15) is 4.39 Å². The quantitative estimate of drug-likeness (QED) is 0.686. The maximum atomic E-state index is 13.7. The van der Waals surface area contributed by atoms with Crippen LogP contribution in [0.2, 0.25) is 0 Å². The maximum Gasteiger partial charge on any atom is 0.194 e. The lowest BCUT2D eigenvalue weighted by atomic mass is 10.00. The van der Waals surface area contributed by atoms with Gasteiger partial charge in [-0.25, -0.2) is 9.38 Å². The molecule has 122 valence electrons. The molecule has 0 saturated carbocycles. The van der Waals surface area contributed by atoms with Crippen molar-refractivity contribution in [3.63, 3.8) is 0 Å². The number of hydrogen-bond acceptors (Lipinski definition) is 2. The molecular formula is C17H26FN3O. The van der Waals surface area contributed by atoms with Gasteiger partial charge in [-0.15, -0.1) is 0 Å². The Morgan fingerprint density at radius 1 is 1.41 bits per heavy atom. The molecule has 0 spiro atoms. The lowest BCUT2D eigenvalue weighted by Crippen LogP contribution is -2.45. The highest BCUT2D eigenvalue weighted by molar-refractivity contribution is 5.80. The second-order valence-corrected chi connectivity index (χ2v) is 5.81. The van der Waals surface area contributed by atoms with Crippen LogP contribution in [0.1, 0.15) is 32.3 Å². The minimum atomic E-state index is -0.341. The SMILES string of the molecule is CCNC(=NCc1ccc(OC)c(F)c1)N1CCC(C)CC1. The number of aliphatic imine (C=N–C) groups is 1. The Kier molecular flexibility index (Phi) is 6.04. The van der Waals surface area contributed by atoms with E-state index < -0.39 is 0 Å². The Bertz CT molecular complexity index is 511. The second kappa shape index (κ2) is 8.01. The van der Waals surface area contributed by atoms with Crippen molar-refractivity contribution in [2.24, 2.45) is 10.9 Å². The zero-order chi connectivity index (χ0) is 15.9. The van der Waals surface area contributed by atoms with Gasteiger partial charge in [-0.05, 0) is 43.4 Å². The first kappa shape index (κ1) is 16.6. The van der Waals surface area contributed by atoms with E-state index in [1.165, 1.54) is 26.0 Å². The summed E-state index contributed by atoms with van der Waals surface area (Å²) in [6, 6.07) is 4.99. The summed E-state index contributed by atoms with van der Waals surface area (Å²) in [7, 11) is 1.47. The minimum absolute atomic E-state index is 0.268. The number of benzene rings is 1. The molecule has 0 aliphatic carbocycles. The van der Waals surface area contributed by atoms with Gasteiger partial charge in [0.25, 0.3) is 0 Å². The largest absolute Gasteiger partial charge is 0.494 e. The Morgan fingerprint density at radius 2 is 2.14 bits per heavy atom. The highest BCUT2D eigenvalue weighted by Gasteiger charge is 2.18. The number of rotatable bonds is 4. The first-order valence-electron chi connectivity index (χ1n) is 7.99. The third kappa shape index (κ3) is 4.36. The first-order chi connectivity index (χ1) is 10.6. The van der Waals surface area contributed by atoms with E-state index in [0.717, 1.165) is 37.1 Å². The number of guanidine groups is 1.